The molecule has 1 aromatic heterocycles. The molecule has 0 fully saturated rings. The summed E-state index contributed by atoms with van der Waals surface area (Å²) >= 11 is 0. The average Bonchev–Trinajstić information content (AvgIpc) is 2.74. The van der Waals surface area contributed by atoms with Crippen molar-refractivity contribution in [1.29, 1.82) is 0 Å². The van der Waals surface area contributed by atoms with E-state index in [1.807, 2.05) is 13.8 Å². The summed E-state index contributed by atoms with van der Waals surface area (Å²) in [5, 5.41) is 12.3. The van der Waals surface area contributed by atoms with E-state index in [1.54, 1.807) is 7.11 Å². The third-order valence-electron chi connectivity index (χ3n) is 2.62. The van der Waals surface area contributed by atoms with Crippen LogP contribution in [0.4, 0.5) is 0 Å². The second-order valence-corrected chi connectivity index (χ2v) is 3.69. The van der Waals surface area contributed by atoms with Crippen LogP contribution in [0.1, 0.15) is 38.4 Å². The zero-order chi connectivity index (χ0) is 12.2. The standard InChI is InChI=1S/C10H16N2O4/c1-4-10(2,15-3)9-11-7(16-12-9)5-6-8(13)14/h4-6H2,1-3H3,(H,13,14). The van der Waals surface area contributed by atoms with Gasteiger partial charge in [-0.05, 0) is 13.3 Å². The Labute approximate surface area is 93.6 Å². The number of carbonyl (C=O) groups is 1. The van der Waals surface area contributed by atoms with Crippen molar-refractivity contribution in [2.75, 3.05) is 7.11 Å². The molecular formula is C10H16N2O4. The van der Waals surface area contributed by atoms with E-state index in [1.165, 1.54) is 0 Å². The molecule has 16 heavy (non-hydrogen) atoms. The Morgan fingerprint density at radius 1 is 1.62 bits per heavy atom. The van der Waals surface area contributed by atoms with Gasteiger partial charge in [0.05, 0.1) is 6.42 Å². The maximum Gasteiger partial charge on any atom is 0.303 e. The molecule has 0 radical (unpaired) electrons. The summed E-state index contributed by atoms with van der Waals surface area (Å²) in [6.45, 7) is 3.82. The van der Waals surface area contributed by atoms with Gasteiger partial charge in [-0.1, -0.05) is 12.1 Å². The van der Waals surface area contributed by atoms with Crippen LogP contribution in [0.5, 0.6) is 0 Å². The Bertz CT molecular complexity index is 357. The smallest absolute Gasteiger partial charge is 0.303 e. The van der Waals surface area contributed by atoms with Gasteiger partial charge in [-0.2, -0.15) is 4.98 Å². The first-order chi connectivity index (χ1) is 7.51. The lowest BCUT2D eigenvalue weighted by molar-refractivity contribution is -0.137. The lowest BCUT2D eigenvalue weighted by atomic mass is 10.0. The van der Waals surface area contributed by atoms with Gasteiger partial charge in [0.2, 0.25) is 11.7 Å². The summed E-state index contributed by atoms with van der Waals surface area (Å²) in [5.74, 6) is -0.100. The molecule has 0 aliphatic rings. The maximum atomic E-state index is 10.4. The topological polar surface area (TPSA) is 85.5 Å². The number of aryl methyl sites for hydroxylation is 1. The van der Waals surface area contributed by atoms with Crippen LogP contribution >= 0.6 is 0 Å². The van der Waals surface area contributed by atoms with Crippen molar-refractivity contribution in [3.8, 4) is 0 Å². The molecule has 6 heteroatoms. The molecule has 1 atom stereocenters. The summed E-state index contributed by atoms with van der Waals surface area (Å²) in [4.78, 5) is 14.5. The number of carboxylic acid groups (broad SMARTS) is 1. The van der Waals surface area contributed by atoms with Gasteiger partial charge < -0.3 is 14.4 Å². The zero-order valence-corrected chi connectivity index (χ0v) is 9.69. The lowest BCUT2D eigenvalue weighted by Gasteiger charge is -2.21. The molecule has 0 aliphatic carbocycles. The molecule has 0 bridgehead atoms. The minimum Gasteiger partial charge on any atom is -0.481 e. The number of hydrogen-bond donors (Lipinski definition) is 1. The van der Waals surface area contributed by atoms with Crippen LogP contribution < -0.4 is 0 Å². The molecule has 1 rings (SSSR count). The SMILES string of the molecule is CCC(C)(OC)c1noc(CCC(=O)O)n1. The number of hydrogen-bond acceptors (Lipinski definition) is 5. The van der Waals surface area contributed by atoms with Gasteiger partial charge in [-0.25, -0.2) is 0 Å². The van der Waals surface area contributed by atoms with Crippen molar-refractivity contribution in [2.24, 2.45) is 0 Å². The van der Waals surface area contributed by atoms with Crippen molar-refractivity contribution in [3.05, 3.63) is 11.7 Å². The molecule has 6 nitrogen and oxygen atoms in total. The quantitative estimate of drug-likeness (QED) is 0.791. The highest BCUT2D eigenvalue weighted by Crippen LogP contribution is 2.25. The van der Waals surface area contributed by atoms with Crippen LogP contribution in [0.15, 0.2) is 4.52 Å². The van der Waals surface area contributed by atoms with Gasteiger partial charge in [-0.3, -0.25) is 4.79 Å². The highest BCUT2D eigenvalue weighted by atomic mass is 16.5. The van der Waals surface area contributed by atoms with Crippen molar-refractivity contribution in [2.45, 2.75) is 38.7 Å². The molecule has 0 aromatic carbocycles. The van der Waals surface area contributed by atoms with Crippen LogP contribution in [-0.2, 0) is 21.6 Å². The first kappa shape index (κ1) is 12.6. The Hall–Kier alpha value is -1.43. The zero-order valence-electron chi connectivity index (χ0n) is 9.69. The van der Waals surface area contributed by atoms with E-state index in [4.69, 9.17) is 14.4 Å². The largest absolute Gasteiger partial charge is 0.481 e. The minimum atomic E-state index is -0.884. The predicted molar refractivity (Wildman–Crippen MR) is 54.9 cm³/mol. The average molecular weight is 228 g/mol. The van der Waals surface area contributed by atoms with Gasteiger partial charge in [-0.15, -0.1) is 0 Å². The molecule has 1 N–H and O–H groups in total. The third kappa shape index (κ3) is 2.79. The van der Waals surface area contributed by atoms with Gasteiger partial charge in [0, 0.05) is 13.5 Å². The number of carboxylic acids is 1. The lowest BCUT2D eigenvalue weighted by Crippen LogP contribution is -2.24. The predicted octanol–water partition coefficient (Wildman–Crippen LogP) is 1.36. The van der Waals surface area contributed by atoms with Crippen LogP contribution in [0.2, 0.25) is 0 Å². The second-order valence-electron chi connectivity index (χ2n) is 3.69. The number of rotatable bonds is 6. The molecular weight excluding hydrogens is 212 g/mol. The number of methoxy groups -OCH3 is 1. The molecule has 0 saturated heterocycles. The van der Waals surface area contributed by atoms with Gasteiger partial charge in [0.1, 0.15) is 5.60 Å². The van der Waals surface area contributed by atoms with Gasteiger partial charge >= 0.3 is 5.97 Å². The maximum absolute atomic E-state index is 10.4. The fraction of sp³-hybridized carbons (Fsp3) is 0.700. The van der Waals surface area contributed by atoms with Gasteiger partial charge in [0.15, 0.2) is 0 Å². The van der Waals surface area contributed by atoms with Crippen molar-refractivity contribution >= 4 is 5.97 Å². The number of nitrogens with zero attached hydrogens (tertiary/aromatic N) is 2. The summed E-state index contributed by atoms with van der Waals surface area (Å²) in [6, 6.07) is 0. The van der Waals surface area contributed by atoms with Crippen molar-refractivity contribution in [3.63, 3.8) is 0 Å². The van der Waals surface area contributed by atoms with Crippen LogP contribution in [0.25, 0.3) is 0 Å². The Kier molecular flexibility index (Phi) is 4.00. The summed E-state index contributed by atoms with van der Waals surface area (Å²) in [6.07, 6.45) is 0.935. The molecule has 1 heterocycles. The molecule has 0 aliphatic heterocycles. The van der Waals surface area contributed by atoms with Crippen LogP contribution in [0, 0.1) is 0 Å². The summed E-state index contributed by atoms with van der Waals surface area (Å²) in [7, 11) is 1.58. The monoisotopic (exact) mass is 228 g/mol. The number of ether oxygens (including phenoxy) is 1. The Balaban J connectivity index is 2.74. The van der Waals surface area contributed by atoms with Crippen molar-refractivity contribution in [1.82, 2.24) is 10.1 Å². The Morgan fingerprint density at radius 2 is 2.31 bits per heavy atom. The number of aliphatic carboxylic acids is 1. The molecule has 1 aromatic rings. The fourth-order valence-corrected chi connectivity index (χ4v) is 1.18. The van der Waals surface area contributed by atoms with E-state index in [0.717, 1.165) is 0 Å². The van der Waals surface area contributed by atoms with E-state index >= 15 is 0 Å². The van der Waals surface area contributed by atoms with Gasteiger partial charge in [0.25, 0.3) is 0 Å². The Morgan fingerprint density at radius 3 is 2.81 bits per heavy atom. The van der Waals surface area contributed by atoms with Crippen LogP contribution in [-0.4, -0.2) is 28.3 Å². The van der Waals surface area contributed by atoms with E-state index in [9.17, 15) is 4.79 Å². The van der Waals surface area contributed by atoms with E-state index in [0.29, 0.717) is 18.1 Å². The molecule has 90 valence electrons. The normalized spacial score (nSPS) is 14.7. The molecule has 0 spiro atoms. The molecule has 1 unspecified atom stereocenters. The first-order valence-corrected chi connectivity index (χ1v) is 5.12. The first-order valence-electron chi connectivity index (χ1n) is 5.12. The highest BCUT2D eigenvalue weighted by molar-refractivity contribution is 5.66. The third-order valence-corrected chi connectivity index (χ3v) is 2.62. The highest BCUT2D eigenvalue weighted by Gasteiger charge is 2.29. The summed E-state index contributed by atoms with van der Waals surface area (Å²) < 4.78 is 10.3. The minimum absolute atomic E-state index is 0.0164. The molecule has 0 amide bonds. The second kappa shape index (κ2) is 5.07. The van der Waals surface area contributed by atoms with Crippen molar-refractivity contribution < 1.29 is 19.2 Å². The van der Waals surface area contributed by atoms with E-state index < -0.39 is 11.6 Å². The fourth-order valence-electron chi connectivity index (χ4n) is 1.18. The van der Waals surface area contributed by atoms with E-state index in [-0.39, 0.29) is 12.8 Å². The number of aromatic nitrogens is 2. The summed E-state index contributed by atoms with van der Waals surface area (Å²) in [5.41, 5.74) is -0.578. The van der Waals surface area contributed by atoms with E-state index in [2.05, 4.69) is 10.1 Å². The van der Waals surface area contributed by atoms with Crippen LogP contribution in [0.3, 0.4) is 0 Å². The molecule has 0 saturated carbocycles.